The molecule has 112 heavy (non-hydrogen) atoms. The second-order valence-corrected chi connectivity index (χ2v) is 31.5. The van der Waals surface area contributed by atoms with E-state index in [1.54, 1.807) is 0 Å². The summed E-state index contributed by atoms with van der Waals surface area (Å²) in [5.74, 6) is -8.19. The van der Waals surface area contributed by atoms with Gasteiger partial charge in [0.2, 0.25) is 23.7 Å². The molecule has 4 aliphatic rings. The van der Waals surface area contributed by atoms with Crippen LogP contribution >= 0.6 is 113 Å². The number of aliphatic carboxylic acids is 1. The number of carboxylic acids is 1. The van der Waals surface area contributed by atoms with Crippen molar-refractivity contribution in [2.24, 2.45) is 0 Å². The molecule has 0 amide bonds. The van der Waals surface area contributed by atoms with Gasteiger partial charge in [0.05, 0.1) is 13.3 Å². The van der Waals surface area contributed by atoms with Gasteiger partial charge in [-0.05, 0) is 90.2 Å². The fourth-order valence-corrected chi connectivity index (χ4v) is 15.3. The van der Waals surface area contributed by atoms with Crippen molar-refractivity contribution in [3.63, 3.8) is 0 Å². The number of alkyl halides is 9. The number of methoxy groups -OCH3 is 1. The third-order valence-electron chi connectivity index (χ3n) is 17.2. The van der Waals surface area contributed by atoms with Crippen molar-refractivity contribution in [2.45, 2.75) is 197 Å². The van der Waals surface area contributed by atoms with Gasteiger partial charge in [0, 0.05) is 132 Å². The van der Waals surface area contributed by atoms with Gasteiger partial charge in [-0.15, -0.1) is 62.3 Å². The van der Waals surface area contributed by atoms with Crippen LogP contribution in [-0.4, -0.2) is 136 Å². The molecule has 0 atom stereocenters. The van der Waals surface area contributed by atoms with E-state index >= 15 is 0 Å². The molecular formula is C73H81Br2Cl3F8N16O6S4. The monoisotopic (exact) mass is 1820 g/mol. The molecule has 10 aromatic rings. The van der Waals surface area contributed by atoms with E-state index < -0.39 is 29.7 Å². The van der Waals surface area contributed by atoms with Crippen LogP contribution in [0.3, 0.4) is 0 Å². The first-order valence-electron chi connectivity index (χ1n) is 35.0. The molecule has 0 aliphatic heterocycles. The molecule has 39 heteroatoms. The van der Waals surface area contributed by atoms with Gasteiger partial charge in [0.25, 0.3) is 5.97 Å². The predicted octanol–water partition coefficient (Wildman–Crippen LogP) is 21.8. The zero-order valence-electron chi connectivity index (χ0n) is 61.2. The van der Waals surface area contributed by atoms with Gasteiger partial charge in [0.15, 0.2) is 105 Å². The molecule has 22 nitrogen and oxygen atoms in total. The van der Waals surface area contributed by atoms with Crippen molar-refractivity contribution in [2.75, 3.05) is 28.4 Å². The lowest BCUT2D eigenvalue weighted by Crippen LogP contribution is -2.32. The molecule has 0 saturated heterocycles. The molecule has 8 heterocycles. The van der Waals surface area contributed by atoms with E-state index in [2.05, 4.69) is 109 Å². The van der Waals surface area contributed by atoms with E-state index in [9.17, 15) is 45.3 Å². The summed E-state index contributed by atoms with van der Waals surface area (Å²) in [7, 11) is 1.47. The number of carbonyl (C=O) groups is 1. The number of aromatic nitrogens is 12. The SMILES string of the molecule is Br.BrCc1ccccc1.CC(=O)O.COc1c(Cl)nc(-c2nc(C)cs2)nc1NC1CCC(F)(F)CC1.Cc1csc(-c2nc(Cl)c(O)c(NC3CCC(F)(F)CC3)n2)n1.Cc1csc(-c2nc(Cl)c(OCc3ccccc3)c(NC3CCC(F)(F)CC3)n2)n1.Cc1csc(-c2ncc(O)c(NC3CCC(F)(F)CC3)n2)n1. The first-order valence-corrected chi connectivity index (χ1v) is 40.7. The van der Waals surface area contributed by atoms with E-state index in [-0.39, 0.29) is 138 Å². The van der Waals surface area contributed by atoms with Crippen LogP contribution in [0.4, 0.5) is 58.4 Å². The van der Waals surface area contributed by atoms with E-state index in [1.807, 2.05) is 97.7 Å². The summed E-state index contributed by atoms with van der Waals surface area (Å²) in [5.41, 5.74) is 5.74. The van der Waals surface area contributed by atoms with Crippen LogP contribution in [0, 0.1) is 27.7 Å². The number of hydrogen-bond acceptors (Lipinski definition) is 25. The molecule has 0 bridgehead atoms. The van der Waals surface area contributed by atoms with Gasteiger partial charge in [-0.3, -0.25) is 4.79 Å². The Morgan fingerprint density at radius 1 is 0.473 bits per heavy atom. The number of nitrogens with one attached hydrogen (secondary N) is 4. The highest BCUT2D eigenvalue weighted by Crippen LogP contribution is 2.43. The minimum Gasteiger partial charge on any atom is -0.503 e. The Kier molecular flexibility index (Phi) is 33.4. The van der Waals surface area contributed by atoms with Crippen LogP contribution in [0.25, 0.3) is 43.3 Å². The molecule has 2 aromatic carbocycles. The average Bonchev–Trinajstić information content (AvgIpc) is 1.31. The van der Waals surface area contributed by atoms with Crippen LogP contribution in [-0.2, 0) is 16.7 Å². The third kappa shape index (κ3) is 27.9. The van der Waals surface area contributed by atoms with E-state index in [0.29, 0.717) is 118 Å². The summed E-state index contributed by atoms with van der Waals surface area (Å²) >= 11 is 27.6. The Morgan fingerprint density at radius 3 is 1.12 bits per heavy atom. The van der Waals surface area contributed by atoms with Crippen molar-refractivity contribution >= 4 is 142 Å². The van der Waals surface area contributed by atoms with Crippen molar-refractivity contribution in [3.05, 3.63) is 138 Å². The normalized spacial score (nSPS) is 16.4. The second kappa shape index (κ2) is 41.6. The fourth-order valence-electron chi connectivity index (χ4n) is 11.4. The number of aromatic hydroxyl groups is 2. The van der Waals surface area contributed by atoms with Crippen LogP contribution < -0.4 is 30.7 Å². The smallest absolute Gasteiger partial charge is 0.300 e. The summed E-state index contributed by atoms with van der Waals surface area (Å²) in [6.45, 7) is 8.87. The first-order chi connectivity index (χ1) is 52.7. The van der Waals surface area contributed by atoms with Gasteiger partial charge < -0.3 is 46.1 Å². The van der Waals surface area contributed by atoms with E-state index in [4.69, 9.17) is 54.2 Å². The third-order valence-corrected chi connectivity index (χ3v) is 22.4. The minimum atomic E-state index is -2.60. The molecule has 0 unspecified atom stereocenters. The molecular weight excluding hydrogens is 1740 g/mol. The summed E-state index contributed by atoms with van der Waals surface area (Å²) in [5, 5.41) is 51.1. The van der Waals surface area contributed by atoms with Gasteiger partial charge in [0.1, 0.15) is 6.61 Å². The highest BCUT2D eigenvalue weighted by Gasteiger charge is 2.39. The van der Waals surface area contributed by atoms with Crippen molar-refractivity contribution < 1.29 is 64.7 Å². The molecule has 0 spiro atoms. The van der Waals surface area contributed by atoms with Gasteiger partial charge >= 0.3 is 0 Å². The van der Waals surface area contributed by atoms with Crippen molar-refractivity contribution in [3.8, 4) is 66.3 Å². The predicted molar refractivity (Wildman–Crippen MR) is 433 cm³/mol. The molecule has 14 rings (SSSR count). The maximum Gasteiger partial charge on any atom is 0.300 e. The van der Waals surface area contributed by atoms with E-state index in [1.165, 1.54) is 64.2 Å². The molecule has 604 valence electrons. The Hall–Kier alpha value is -7.58. The van der Waals surface area contributed by atoms with Crippen LogP contribution in [0.15, 0.2) is 88.4 Å². The Bertz CT molecular complexity index is 4640. The van der Waals surface area contributed by atoms with Gasteiger partial charge in [-0.2, -0.15) is 0 Å². The number of anilines is 4. The number of halogens is 13. The largest absolute Gasteiger partial charge is 0.503 e. The number of carboxylic acid groups (broad SMARTS) is 1. The standard InChI is InChI=1S/C21H21ClF2N4OS.C15H17ClF2N4OS.C14H15ClF2N4OS.C14H16F2N4OS.C7H7Br.C2H4O2.BrH/c1-13-12-30-20(25-13)19-27-17(22)16(29-11-14-5-3-2-4-6-14)18(28-19)26-15-7-9-21(23,24)10-8-15;1-8-7-24-14(19-8)13-21-11(16)10(23-2)12(22-13)20-9-3-5-15(17,18)6-4-9;1-7-6-23-13(18-7)12-20-10(15)9(22)11(21-12)19-8-2-4-14(16,17)5-3-8;1-8-7-22-13(18-8)12-17-6-10(21)11(20-12)19-9-2-4-14(15,16)5-3-9;8-6-7-4-2-1-3-5-7;1-2(3)4;/h2-6,12,15H,7-11H2,1H3,(H,26,27,28);7,9H,3-6H2,1-2H3,(H,20,21,22);6,8,22H,2-5H2,1H3,(H,19,20,21);6-7,9,21H,2-5H2,1H3,(H,17,19,20);1-5H,6H2;1H3,(H,3,4);1H. The molecule has 4 fully saturated rings. The van der Waals surface area contributed by atoms with Gasteiger partial charge in [-0.1, -0.05) is 111 Å². The lowest BCUT2D eigenvalue weighted by atomic mass is 9.92. The van der Waals surface area contributed by atoms with E-state index in [0.717, 1.165) is 40.6 Å². The quantitative estimate of drug-likeness (QED) is 0.0253. The van der Waals surface area contributed by atoms with Crippen LogP contribution in [0.1, 0.15) is 144 Å². The highest BCUT2D eigenvalue weighted by atomic mass is 79.9. The number of benzene rings is 2. The summed E-state index contributed by atoms with van der Waals surface area (Å²) in [4.78, 5) is 60.6. The van der Waals surface area contributed by atoms with Crippen molar-refractivity contribution in [1.82, 2.24) is 59.8 Å². The van der Waals surface area contributed by atoms with Crippen molar-refractivity contribution in [1.29, 1.82) is 0 Å². The Morgan fingerprint density at radius 2 is 0.777 bits per heavy atom. The molecule has 0 radical (unpaired) electrons. The van der Waals surface area contributed by atoms with Crippen LogP contribution in [0.5, 0.6) is 23.0 Å². The average molecular weight is 1820 g/mol. The second-order valence-electron chi connectivity index (χ2n) is 26.4. The number of rotatable bonds is 17. The number of ether oxygens (including phenoxy) is 2. The lowest BCUT2D eigenvalue weighted by Gasteiger charge is -2.29. The minimum absolute atomic E-state index is 0. The summed E-state index contributed by atoms with van der Waals surface area (Å²) < 4.78 is 118. The summed E-state index contributed by atoms with van der Waals surface area (Å²) in [6, 6.07) is 19.4. The highest BCUT2D eigenvalue weighted by molar-refractivity contribution is 9.08. The topological polar surface area (TPSA) is 299 Å². The fraction of sp³-hybridized carbons (Fsp3) is 0.438. The molecule has 7 N–H and O–H groups in total. The molecule has 4 saturated carbocycles. The number of aryl methyl sites for hydroxylation is 4. The number of thiazole rings is 4. The Balaban J connectivity index is 0.000000179. The number of nitrogens with zero attached hydrogens (tertiary/aromatic N) is 12. The maximum absolute atomic E-state index is 13.6. The summed E-state index contributed by atoms with van der Waals surface area (Å²) in [6.07, 6.45) is 2.82. The molecule has 4 aliphatic carbocycles. The zero-order valence-corrected chi connectivity index (χ0v) is 70.0. The molecule has 8 aromatic heterocycles. The first kappa shape index (κ1) is 90.0. The Labute approximate surface area is 691 Å². The maximum atomic E-state index is 13.6. The van der Waals surface area contributed by atoms with Crippen LogP contribution in [0.2, 0.25) is 15.5 Å². The zero-order chi connectivity index (χ0) is 80.2. The van der Waals surface area contributed by atoms with Gasteiger partial charge in [-0.25, -0.2) is 94.9 Å². The number of hydrogen-bond donors (Lipinski definition) is 7. The lowest BCUT2D eigenvalue weighted by molar-refractivity contribution is -0.134.